The van der Waals surface area contributed by atoms with Gasteiger partial charge in [-0.1, -0.05) is 6.07 Å². The molecule has 0 fully saturated rings. The minimum absolute atomic E-state index is 0.161. The molecule has 0 spiro atoms. The standard InChI is InChI=1S/C15H23NO/c1-15(2,3)16-10-12-6-4-5-11-7-8-13(17)9-14(11)12/h7-9,12,16-17H,4-6,10H2,1-3H3. The van der Waals surface area contributed by atoms with E-state index in [0.717, 1.165) is 13.0 Å². The molecule has 2 nitrogen and oxygen atoms in total. The first kappa shape index (κ1) is 12.4. The molecule has 1 unspecified atom stereocenters. The second-order valence-corrected chi connectivity index (χ2v) is 6.10. The first-order valence-electron chi connectivity index (χ1n) is 6.52. The fraction of sp³-hybridized carbons (Fsp3) is 0.600. The molecule has 1 aromatic rings. The van der Waals surface area contributed by atoms with Gasteiger partial charge in [0.25, 0.3) is 0 Å². The summed E-state index contributed by atoms with van der Waals surface area (Å²) < 4.78 is 0. The van der Waals surface area contributed by atoms with Gasteiger partial charge >= 0.3 is 0 Å². The van der Waals surface area contributed by atoms with E-state index in [1.165, 1.54) is 24.0 Å². The molecule has 0 radical (unpaired) electrons. The summed E-state index contributed by atoms with van der Waals surface area (Å²) in [6, 6.07) is 5.83. The summed E-state index contributed by atoms with van der Waals surface area (Å²) in [5.41, 5.74) is 2.91. The van der Waals surface area contributed by atoms with Gasteiger partial charge in [0.05, 0.1) is 0 Å². The Labute approximate surface area is 104 Å². The van der Waals surface area contributed by atoms with Crippen LogP contribution in [0, 0.1) is 0 Å². The Morgan fingerprint density at radius 2 is 2.12 bits per heavy atom. The third-order valence-electron chi connectivity index (χ3n) is 3.45. The van der Waals surface area contributed by atoms with Gasteiger partial charge in [0.15, 0.2) is 0 Å². The van der Waals surface area contributed by atoms with Crippen LogP contribution in [0.4, 0.5) is 0 Å². The molecule has 2 rings (SSSR count). The molecule has 1 aromatic carbocycles. The Bertz CT molecular complexity index is 392. The Morgan fingerprint density at radius 3 is 2.82 bits per heavy atom. The number of phenols is 1. The molecule has 1 aliphatic rings. The highest BCUT2D eigenvalue weighted by Crippen LogP contribution is 2.33. The maximum Gasteiger partial charge on any atom is 0.115 e. The SMILES string of the molecule is CC(C)(C)NCC1CCCc2ccc(O)cc21. The Morgan fingerprint density at radius 1 is 1.35 bits per heavy atom. The molecule has 0 aliphatic heterocycles. The second kappa shape index (κ2) is 4.69. The molecular formula is C15H23NO. The summed E-state index contributed by atoms with van der Waals surface area (Å²) in [5, 5.41) is 13.2. The fourth-order valence-electron chi connectivity index (χ4n) is 2.53. The average Bonchev–Trinajstić information content (AvgIpc) is 2.25. The van der Waals surface area contributed by atoms with Crippen molar-refractivity contribution in [1.82, 2.24) is 5.32 Å². The number of benzene rings is 1. The van der Waals surface area contributed by atoms with Gasteiger partial charge in [0, 0.05) is 12.1 Å². The van der Waals surface area contributed by atoms with Crippen LogP contribution >= 0.6 is 0 Å². The topological polar surface area (TPSA) is 32.3 Å². The van der Waals surface area contributed by atoms with Crippen molar-refractivity contribution >= 4 is 0 Å². The number of rotatable bonds is 2. The lowest BCUT2D eigenvalue weighted by molar-refractivity contribution is 0.389. The molecule has 2 heteroatoms. The van der Waals surface area contributed by atoms with Crippen LogP contribution in [-0.2, 0) is 6.42 Å². The number of phenolic OH excluding ortho intramolecular Hbond substituents is 1. The van der Waals surface area contributed by atoms with E-state index < -0.39 is 0 Å². The maximum atomic E-state index is 9.61. The van der Waals surface area contributed by atoms with Crippen LogP contribution in [0.1, 0.15) is 50.7 Å². The summed E-state index contributed by atoms with van der Waals surface area (Å²) in [6.45, 7) is 7.58. The highest BCUT2D eigenvalue weighted by atomic mass is 16.3. The summed E-state index contributed by atoms with van der Waals surface area (Å²) in [5.74, 6) is 0.941. The third-order valence-corrected chi connectivity index (χ3v) is 3.45. The highest BCUT2D eigenvalue weighted by Gasteiger charge is 2.22. The van der Waals surface area contributed by atoms with Crippen molar-refractivity contribution in [2.24, 2.45) is 0 Å². The van der Waals surface area contributed by atoms with E-state index in [1.807, 2.05) is 6.07 Å². The average molecular weight is 233 g/mol. The summed E-state index contributed by atoms with van der Waals surface area (Å²) in [6.07, 6.45) is 3.63. The van der Waals surface area contributed by atoms with E-state index in [9.17, 15) is 5.11 Å². The van der Waals surface area contributed by atoms with E-state index in [1.54, 1.807) is 6.07 Å². The number of hydrogen-bond acceptors (Lipinski definition) is 2. The molecule has 2 N–H and O–H groups in total. The highest BCUT2D eigenvalue weighted by molar-refractivity contribution is 5.39. The van der Waals surface area contributed by atoms with Crippen LogP contribution in [0.5, 0.6) is 5.75 Å². The number of nitrogens with one attached hydrogen (secondary N) is 1. The molecule has 1 aliphatic carbocycles. The number of hydrogen-bond donors (Lipinski definition) is 2. The molecule has 17 heavy (non-hydrogen) atoms. The summed E-state index contributed by atoms with van der Waals surface area (Å²) >= 11 is 0. The van der Waals surface area contributed by atoms with Crippen molar-refractivity contribution in [3.05, 3.63) is 29.3 Å². The van der Waals surface area contributed by atoms with Crippen LogP contribution in [0.25, 0.3) is 0 Å². The van der Waals surface area contributed by atoms with E-state index in [2.05, 4.69) is 32.2 Å². The molecule has 0 saturated carbocycles. The third kappa shape index (κ3) is 3.22. The van der Waals surface area contributed by atoms with Gasteiger partial charge in [-0.2, -0.15) is 0 Å². The quantitative estimate of drug-likeness (QED) is 0.822. The molecule has 1 atom stereocenters. The lowest BCUT2D eigenvalue weighted by Crippen LogP contribution is -2.39. The normalized spacial score (nSPS) is 20.1. The van der Waals surface area contributed by atoms with Crippen LogP contribution in [0.3, 0.4) is 0 Å². The van der Waals surface area contributed by atoms with Gasteiger partial charge in [-0.15, -0.1) is 0 Å². The molecule has 0 heterocycles. The predicted molar refractivity (Wildman–Crippen MR) is 71.5 cm³/mol. The van der Waals surface area contributed by atoms with Crippen molar-refractivity contribution < 1.29 is 5.11 Å². The smallest absolute Gasteiger partial charge is 0.115 e. The van der Waals surface area contributed by atoms with Crippen LogP contribution < -0.4 is 5.32 Å². The van der Waals surface area contributed by atoms with Crippen molar-refractivity contribution in [3.63, 3.8) is 0 Å². The minimum atomic E-state index is 0.161. The van der Waals surface area contributed by atoms with Crippen LogP contribution in [-0.4, -0.2) is 17.2 Å². The maximum absolute atomic E-state index is 9.61. The zero-order valence-electron chi connectivity index (χ0n) is 11.1. The molecule has 0 amide bonds. The van der Waals surface area contributed by atoms with Gasteiger partial charge in [-0.25, -0.2) is 0 Å². The van der Waals surface area contributed by atoms with E-state index in [4.69, 9.17) is 0 Å². The Balaban J connectivity index is 2.14. The Hall–Kier alpha value is -1.02. The van der Waals surface area contributed by atoms with Crippen LogP contribution in [0.2, 0.25) is 0 Å². The lowest BCUT2D eigenvalue weighted by Gasteiger charge is -2.29. The van der Waals surface area contributed by atoms with E-state index in [0.29, 0.717) is 11.7 Å². The molecule has 94 valence electrons. The van der Waals surface area contributed by atoms with Crippen molar-refractivity contribution in [1.29, 1.82) is 0 Å². The number of aromatic hydroxyl groups is 1. The molecule has 0 aromatic heterocycles. The monoisotopic (exact) mass is 233 g/mol. The molecular weight excluding hydrogens is 210 g/mol. The predicted octanol–water partition coefficient (Wildman–Crippen LogP) is 3.20. The minimum Gasteiger partial charge on any atom is -0.508 e. The molecule has 0 bridgehead atoms. The lowest BCUT2D eigenvalue weighted by atomic mass is 9.82. The van der Waals surface area contributed by atoms with Crippen molar-refractivity contribution in [2.75, 3.05) is 6.54 Å². The van der Waals surface area contributed by atoms with Gasteiger partial charge in [0.2, 0.25) is 0 Å². The van der Waals surface area contributed by atoms with Gasteiger partial charge in [0.1, 0.15) is 5.75 Å². The first-order chi connectivity index (χ1) is 7.96. The van der Waals surface area contributed by atoms with E-state index >= 15 is 0 Å². The van der Waals surface area contributed by atoms with E-state index in [-0.39, 0.29) is 5.54 Å². The zero-order chi connectivity index (χ0) is 12.5. The second-order valence-electron chi connectivity index (χ2n) is 6.10. The summed E-state index contributed by atoms with van der Waals surface area (Å²) in [4.78, 5) is 0. The summed E-state index contributed by atoms with van der Waals surface area (Å²) in [7, 11) is 0. The van der Waals surface area contributed by atoms with Crippen molar-refractivity contribution in [2.45, 2.75) is 51.5 Å². The zero-order valence-corrected chi connectivity index (χ0v) is 11.1. The Kier molecular flexibility index (Phi) is 3.43. The number of aryl methyl sites for hydroxylation is 1. The van der Waals surface area contributed by atoms with Gasteiger partial charge in [-0.3, -0.25) is 0 Å². The van der Waals surface area contributed by atoms with Crippen LogP contribution in [0.15, 0.2) is 18.2 Å². The fourth-order valence-corrected chi connectivity index (χ4v) is 2.53. The molecule has 0 saturated heterocycles. The first-order valence-corrected chi connectivity index (χ1v) is 6.52. The van der Waals surface area contributed by atoms with Gasteiger partial charge < -0.3 is 10.4 Å². The largest absolute Gasteiger partial charge is 0.508 e. The van der Waals surface area contributed by atoms with Crippen molar-refractivity contribution in [3.8, 4) is 5.75 Å². The number of fused-ring (bicyclic) bond motifs is 1. The van der Waals surface area contributed by atoms with Gasteiger partial charge in [-0.05, 0) is 69.2 Å².